The number of carbonyl (C=O) groups is 1. The van der Waals surface area contributed by atoms with Crippen molar-refractivity contribution in [2.24, 2.45) is 5.73 Å². The van der Waals surface area contributed by atoms with Crippen molar-refractivity contribution >= 4 is 40.7 Å². The lowest BCUT2D eigenvalue weighted by Gasteiger charge is -2.40. The number of anilines is 1. The minimum atomic E-state index is -4.49. The first kappa shape index (κ1) is 32.5. The number of rotatable bonds is 8. The zero-order valence-electron chi connectivity index (χ0n) is 25.2. The molecular weight excluding hydrogens is 654 g/mol. The van der Waals surface area contributed by atoms with Crippen molar-refractivity contribution in [1.82, 2.24) is 24.5 Å². The molecule has 1 saturated heterocycles. The second-order valence-corrected chi connectivity index (χ2v) is 12.3. The standard InChI is InChI=1S/C33H30Cl2F3N7O2/c1-2-40-32(29(39)46)15-17-43(18-16-32)30-41-27(22-7-13-25(35)14-8-22)26(21-5-11-24(34)12-6-21)28-42-44(31(47)45(28)30)19-20-3-9-23(10-4-20)33(36,37)38/h3-14,40H,2,15-19H2,1H3,(H2,39,46). The van der Waals surface area contributed by atoms with Crippen LogP contribution in [0, 0.1) is 0 Å². The number of alkyl halides is 3. The number of nitrogens with two attached hydrogens (primary N) is 1. The molecule has 0 spiro atoms. The molecule has 14 heteroatoms. The Labute approximate surface area is 277 Å². The quantitative estimate of drug-likeness (QED) is 0.207. The van der Waals surface area contributed by atoms with Gasteiger partial charge in [0, 0.05) is 28.7 Å². The van der Waals surface area contributed by atoms with Gasteiger partial charge in [-0.05, 0) is 66.9 Å². The van der Waals surface area contributed by atoms with E-state index in [1.54, 1.807) is 36.4 Å². The zero-order chi connectivity index (χ0) is 33.5. The van der Waals surface area contributed by atoms with E-state index in [2.05, 4.69) is 5.32 Å². The van der Waals surface area contributed by atoms with Gasteiger partial charge in [0.1, 0.15) is 5.54 Å². The number of piperidine rings is 1. The Hall–Kier alpha value is -4.39. The first-order chi connectivity index (χ1) is 22.4. The Morgan fingerprint density at radius 1 is 0.936 bits per heavy atom. The van der Waals surface area contributed by atoms with E-state index in [4.69, 9.17) is 39.0 Å². The maximum Gasteiger partial charge on any atom is 0.416 e. The molecule has 47 heavy (non-hydrogen) atoms. The van der Waals surface area contributed by atoms with Crippen molar-refractivity contribution < 1.29 is 18.0 Å². The SMILES string of the molecule is CCNC1(C(N)=O)CCN(c2nc(-c3ccc(Cl)cc3)c(-c3ccc(Cl)cc3)c3nn(Cc4ccc(C(F)(F)F)cc4)c(=O)n23)CC1. The van der Waals surface area contributed by atoms with Gasteiger partial charge in [-0.15, -0.1) is 5.10 Å². The smallest absolute Gasteiger partial charge is 0.368 e. The van der Waals surface area contributed by atoms with Crippen molar-refractivity contribution in [2.45, 2.75) is 38.0 Å². The molecule has 0 atom stereocenters. The van der Waals surface area contributed by atoms with Gasteiger partial charge in [-0.2, -0.15) is 13.2 Å². The third kappa shape index (κ3) is 6.32. The van der Waals surface area contributed by atoms with Gasteiger partial charge in [-0.3, -0.25) is 4.79 Å². The fourth-order valence-electron chi connectivity index (χ4n) is 5.99. The number of aromatic nitrogens is 4. The van der Waals surface area contributed by atoms with E-state index in [1.165, 1.54) is 21.2 Å². The Bertz CT molecular complexity index is 1980. The zero-order valence-corrected chi connectivity index (χ0v) is 26.7. The molecule has 0 radical (unpaired) electrons. The number of carbonyl (C=O) groups excluding carboxylic acids is 1. The van der Waals surface area contributed by atoms with Gasteiger partial charge in [0.05, 0.1) is 23.4 Å². The predicted molar refractivity (Wildman–Crippen MR) is 176 cm³/mol. The van der Waals surface area contributed by atoms with Crippen LogP contribution in [0.5, 0.6) is 0 Å². The third-order valence-corrected chi connectivity index (χ3v) is 8.97. The Balaban J connectivity index is 1.56. The molecule has 1 aliphatic heterocycles. The second kappa shape index (κ2) is 12.7. The summed E-state index contributed by atoms with van der Waals surface area (Å²) in [5.74, 6) is -0.139. The van der Waals surface area contributed by atoms with Crippen LogP contribution in [0.15, 0.2) is 77.6 Å². The van der Waals surface area contributed by atoms with E-state index in [-0.39, 0.29) is 12.2 Å². The monoisotopic (exact) mass is 683 g/mol. The van der Waals surface area contributed by atoms with E-state index < -0.39 is 28.9 Å². The molecule has 9 nitrogen and oxygen atoms in total. The largest absolute Gasteiger partial charge is 0.416 e. The summed E-state index contributed by atoms with van der Waals surface area (Å²) in [7, 11) is 0. The number of nitrogens with zero attached hydrogens (tertiary/aromatic N) is 5. The Morgan fingerprint density at radius 2 is 1.51 bits per heavy atom. The molecule has 3 N–H and O–H groups in total. The summed E-state index contributed by atoms with van der Waals surface area (Å²) in [5, 5.41) is 9.04. The number of likely N-dealkylation sites (N-methyl/N-ethyl adjacent to an activating group) is 1. The highest BCUT2D eigenvalue weighted by Crippen LogP contribution is 2.37. The molecule has 0 aliphatic carbocycles. The number of fused-ring (bicyclic) bond motifs is 1. The Morgan fingerprint density at radius 3 is 2.04 bits per heavy atom. The molecule has 0 saturated carbocycles. The molecule has 0 unspecified atom stereocenters. The second-order valence-electron chi connectivity index (χ2n) is 11.4. The summed E-state index contributed by atoms with van der Waals surface area (Å²) in [5.41, 5.74) is 6.82. The fraction of sp³-hybridized carbons (Fsp3) is 0.273. The van der Waals surface area contributed by atoms with Crippen molar-refractivity contribution in [3.63, 3.8) is 0 Å². The summed E-state index contributed by atoms with van der Waals surface area (Å²) in [6.07, 6.45) is -3.73. The average Bonchev–Trinajstić information content (AvgIpc) is 3.36. The topological polar surface area (TPSA) is 111 Å². The normalized spacial score (nSPS) is 14.9. The van der Waals surface area contributed by atoms with E-state index in [9.17, 15) is 22.8 Å². The lowest BCUT2D eigenvalue weighted by atomic mass is 9.86. The molecule has 2 aromatic heterocycles. The molecule has 1 aliphatic rings. The summed E-state index contributed by atoms with van der Waals surface area (Å²) < 4.78 is 42.3. The molecule has 1 amide bonds. The van der Waals surface area contributed by atoms with Gasteiger partial charge in [0.15, 0.2) is 5.65 Å². The van der Waals surface area contributed by atoms with Crippen LogP contribution in [0.2, 0.25) is 10.0 Å². The lowest BCUT2D eigenvalue weighted by Crippen LogP contribution is -2.61. The van der Waals surface area contributed by atoms with Gasteiger partial charge in [-0.1, -0.05) is 66.5 Å². The van der Waals surface area contributed by atoms with Crippen molar-refractivity contribution in [1.29, 1.82) is 0 Å². The van der Waals surface area contributed by atoms with Crippen molar-refractivity contribution in [2.75, 3.05) is 24.5 Å². The minimum Gasteiger partial charge on any atom is -0.368 e. The first-order valence-electron chi connectivity index (χ1n) is 14.9. The third-order valence-electron chi connectivity index (χ3n) is 8.46. The first-order valence-corrected chi connectivity index (χ1v) is 15.7. The number of nitrogens with one attached hydrogen (secondary N) is 1. The van der Waals surface area contributed by atoms with Crippen molar-refractivity contribution in [3.8, 4) is 22.4 Å². The molecule has 1 fully saturated rings. The highest BCUT2D eigenvalue weighted by atomic mass is 35.5. The van der Waals surface area contributed by atoms with E-state index in [0.29, 0.717) is 76.4 Å². The van der Waals surface area contributed by atoms with E-state index in [1.807, 2.05) is 24.0 Å². The van der Waals surface area contributed by atoms with Crippen LogP contribution < -0.4 is 21.6 Å². The molecule has 3 heterocycles. The maximum absolute atomic E-state index is 14.2. The Kier molecular flexibility index (Phi) is 8.77. The molecule has 0 bridgehead atoms. The molecule has 5 aromatic rings. The highest BCUT2D eigenvalue weighted by Gasteiger charge is 2.40. The van der Waals surface area contributed by atoms with Gasteiger partial charge < -0.3 is 16.0 Å². The summed E-state index contributed by atoms with van der Waals surface area (Å²) in [6, 6.07) is 18.8. The van der Waals surface area contributed by atoms with Gasteiger partial charge in [-0.25, -0.2) is 18.9 Å². The summed E-state index contributed by atoms with van der Waals surface area (Å²) in [6.45, 7) is 3.09. The predicted octanol–water partition coefficient (Wildman–Crippen LogP) is 6.03. The van der Waals surface area contributed by atoms with E-state index >= 15 is 0 Å². The molecule has 3 aromatic carbocycles. The van der Waals surface area contributed by atoms with Gasteiger partial charge in [0.25, 0.3) is 0 Å². The van der Waals surface area contributed by atoms with Crippen LogP contribution in [0.4, 0.5) is 19.1 Å². The summed E-state index contributed by atoms with van der Waals surface area (Å²) >= 11 is 12.4. The number of benzene rings is 3. The van der Waals surface area contributed by atoms with Crippen molar-refractivity contribution in [3.05, 3.63) is 104 Å². The number of primary amides is 1. The maximum atomic E-state index is 14.2. The van der Waals surface area contributed by atoms with Crippen LogP contribution in [-0.2, 0) is 17.5 Å². The number of hydrogen-bond donors (Lipinski definition) is 2. The van der Waals surface area contributed by atoms with Crippen LogP contribution in [0.25, 0.3) is 28.0 Å². The molecule has 6 rings (SSSR count). The van der Waals surface area contributed by atoms with Crippen LogP contribution in [0.1, 0.15) is 30.9 Å². The fourth-order valence-corrected chi connectivity index (χ4v) is 6.24. The van der Waals surface area contributed by atoms with Crippen LogP contribution in [-0.4, -0.2) is 50.2 Å². The van der Waals surface area contributed by atoms with Gasteiger partial charge >= 0.3 is 11.9 Å². The van der Waals surface area contributed by atoms with Crippen LogP contribution in [0.3, 0.4) is 0 Å². The molecule has 244 valence electrons. The lowest BCUT2D eigenvalue weighted by molar-refractivity contribution is -0.137. The molecular formula is C33H30Cl2F3N7O2. The number of hydrogen-bond acceptors (Lipinski definition) is 6. The number of amides is 1. The average molecular weight is 685 g/mol. The number of halogens is 5. The minimum absolute atomic E-state index is 0.0837. The van der Waals surface area contributed by atoms with Gasteiger partial charge in [0.2, 0.25) is 11.9 Å². The highest BCUT2D eigenvalue weighted by molar-refractivity contribution is 6.31. The van der Waals surface area contributed by atoms with Crippen LogP contribution >= 0.6 is 23.2 Å². The summed E-state index contributed by atoms with van der Waals surface area (Å²) in [4.78, 5) is 33.7. The van der Waals surface area contributed by atoms with E-state index in [0.717, 1.165) is 12.1 Å².